The Morgan fingerprint density at radius 2 is 1.50 bits per heavy atom. The predicted molar refractivity (Wildman–Crippen MR) is 125 cm³/mol. The van der Waals surface area contributed by atoms with Gasteiger partial charge in [0.15, 0.2) is 0 Å². The molecule has 2 aromatic rings. The monoisotopic (exact) mass is 438 g/mol. The number of amides is 2. The SMILES string of the molecule is CC(C)(C)c1ccc(OCCCC(=O)N2CCN(C(=O)OCc3ccccc3)CC2)cc1. The second-order valence-corrected chi connectivity index (χ2v) is 9.13. The first-order valence-electron chi connectivity index (χ1n) is 11.3. The summed E-state index contributed by atoms with van der Waals surface area (Å²) in [5.74, 6) is 0.932. The van der Waals surface area contributed by atoms with Gasteiger partial charge in [-0.15, -0.1) is 0 Å². The Balaban J connectivity index is 1.32. The van der Waals surface area contributed by atoms with Gasteiger partial charge in [0.2, 0.25) is 5.91 Å². The first-order chi connectivity index (χ1) is 15.3. The van der Waals surface area contributed by atoms with Crippen LogP contribution in [0.1, 0.15) is 44.7 Å². The van der Waals surface area contributed by atoms with Crippen molar-refractivity contribution in [3.63, 3.8) is 0 Å². The molecule has 0 atom stereocenters. The Labute approximate surface area is 191 Å². The van der Waals surface area contributed by atoms with Gasteiger partial charge in [0, 0.05) is 32.6 Å². The van der Waals surface area contributed by atoms with E-state index in [2.05, 4.69) is 32.9 Å². The van der Waals surface area contributed by atoms with Gasteiger partial charge >= 0.3 is 6.09 Å². The second kappa shape index (κ2) is 11.0. The highest BCUT2D eigenvalue weighted by Gasteiger charge is 2.24. The van der Waals surface area contributed by atoms with Crippen molar-refractivity contribution in [1.29, 1.82) is 0 Å². The third-order valence-electron chi connectivity index (χ3n) is 5.62. The fourth-order valence-electron chi connectivity index (χ4n) is 3.57. The number of carbonyl (C=O) groups excluding carboxylic acids is 2. The summed E-state index contributed by atoms with van der Waals surface area (Å²) in [5.41, 5.74) is 2.35. The minimum atomic E-state index is -0.327. The van der Waals surface area contributed by atoms with Crippen LogP contribution in [0.4, 0.5) is 4.79 Å². The molecule has 1 aliphatic heterocycles. The lowest BCUT2D eigenvalue weighted by atomic mass is 9.87. The Morgan fingerprint density at radius 3 is 2.12 bits per heavy atom. The standard InChI is InChI=1S/C26H34N2O4/c1-26(2,3)22-11-13-23(14-12-22)31-19-7-10-24(29)27-15-17-28(18-16-27)25(30)32-20-21-8-5-4-6-9-21/h4-6,8-9,11-14H,7,10,15-20H2,1-3H3. The molecule has 0 N–H and O–H groups in total. The molecule has 0 aromatic heterocycles. The second-order valence-electron chi connectivity index (χ2n) is 9.13. The molecule has 1 saturated heterocycles. The molecule has 1 fully saturated rings. The molecule has 172 valence electrons. The summed E-state index contributed by atoms with van der Waals surface area (Å²) in [7, 11) is 0. The zero-order chi connectivity index (χ0) is 23.0. The summed E-state index contributed by atoms with van der Waals surface area (Å²) in [6.07, 6.45) is 0.782. The van der Waals surface area contributed by atoms with Crippen molar-refractivity contribution >= 4 is 12.0 Å². The molecule has 6 nitrogen and oxygen atoms in total. The summed E-state index contributed by atoms with van der Waals surface area (Å²) >= 11 is 0. The van der Waals surface area contributed by atoms with Crippen molar-refractivity contribution in [2.45, 2.75) is 45.6 Å². The molecule has 2 aromatic carbocycles. The van der Waals surface area contributed by atoms with E-state index in [-0.39, 0.29) is 24.0 Å². The minimum absolute atomic E-state index is 0.106. The minimum Gasteiger partial charge on any atom is -0.494 e. The smallest absolute Gasteiger partial charge is 0.410 e. The van der Waals surface area contributed by atoms with Crippen LogP contribution in [0, 0.1) is 0 Å². The molecule has 0 saturated carbocycles. The largest absolute Gasteiger partial charge is 0.494 e. The molecule has 0 aliphatic carbocycles. The third-order valence-corrected chi connectivity index (χ3v) is 5.62. The first-order valence-corrected chi connectivity index (χ1v) is 11.3. The van der Waals surface area contributed by atoms with E-state index in [1.54, 1.807) is 4.90 Å². The van der Waals surface area contributed by atoms with E-state index < -0.39 is 0 Å². The van der Waals surface area contributed by atoms with Gasteiger partial charge in [-0.25, -0.2) is 4.79 Å². The van der Waals surface area contributed by atoms with Gasteiger partial charge in [-0.2, -0.15) is 0 Å². The number of hydrogen-bond donors (Lipinski definition) is 0. The molecule has 1 aliphatic rings. The van der Waals surface area contributed by atoms with Crippen LogP contribution in [-0.2, 0) is 21.6 Å². The summed E-state index contributed by atoms with van der Waals surface area (Å²) in [5, 5.41) is 0. The van der Waals surface area contributed by atoms with E-state index in [0.717, 1.165) is 11.3 Å². The molecule has 1 heterocycles. The Bertz CT molecular complexity index is 867. The van der Waals surface area contributed by atoms with Crippen LogP contribution in [0.25, 0.3) is 0 Å². The zero-order valence-electron chi connectivity index (χ0n) is 19.4. The first kappa shape index (κ1) is 23.6. The van der Waals surface area contributed by atoms with Gasteiger partial charge in [-0.05, 0) is 35.1 Å². The maximum absolute atomic E-state index is 12.5. The molecule has 0 radical (unpaired) electrons. The normalized spacial score (nSPS) is 14.2. The molecule has 2 amide bonds. The van der Waals surface area contributed by atoms with E-state index in [0.29, 0.717) is 45.6 Å². The molecule has 0 unspecified atom stereocenters. The average Bonchev–Trinajstić information content (AvgIpc) is 2.80. The van der Waals surface area contributed by atoms with Crippen LogP contribution in [0.5, 0.6) is 5.75 Å². The van der Waals surface area contributed by atoms with Gasteiger partial charge in [0.1, 0.15) is 12.4 Å². The van der Waals surface area contributed by atoms with E-state index in [4.69, 9.17) is 9.47 Å². The van der Waals surface area contributed by atoms with Gasteiger partial charge in [0.05, 0.1) is 6.61 Å². The third kappa shape index (κ3) is 7.01. The summed E-state index contributed by atoms with van der Waals surface area (Å²) < 4.78 is 11.2. The van der Waals surface area contributed by atoms with Gasteiger partial charge in [-0.1, -0.05) is 63.2 Å². The number of piperazine rings is 1. The van der Waals surface area contributed by atoms with Crippen LogP contribution in [0.3, 0.4) is 0 Å². The summed E-state index contributed by atoms with van der Waals surface area (Å²) in [6, 6.07) is 17.8. The fraction of sp³-hybridized carbons (Fsp3) is 0.462. The van der Waals surface area contributed by atoms with E-state index in [9.17, 15) is 9.59 Å². The van der Waals surface area contributed by atoms with Crippen LogP contribution >= 0.6 is 0 Å². The van der Waals surface area contributed by atoms with Crippen LogP contribution in [0.2, 0.25) is 0 Å². The topological polar surface area (TPSA) is 59.1 Å². The highest BCUT2D eigenvalue weighted by molar-refractivity contribution is 5.76. The van der Waals surface area contributed by atoms with E-state index in [1.165, 1.54) is 5.56 Å². The lowest BCUT2D eigenvalue weighted by Crippen LogP contribution is -2.50. The highest BCUT2D eigenvalue weighted by atomic mass is 16.6. The lowest BCUT2D eigenvalue weighted by Gasteiger charge is -2.34. The van der Waals surface area contributed by atoms with Crippen molar-refractivity contribution in [3.8, 4) is 5.75 Å². The van der Waals surface area contributed by atoms with Gasteiger partial charge < -0.3 is 19.3 Å². The molecule has 32 heavy (non-hydrogen) atoms. The zero-order valence-corrected chi connectivity index (χ0v) is 19.4. The molecule has 3 rings (SSSR count). The molecular weight excluding hydrogens is 404 g/mol. The number of hydrogen-bond acceptors (Lipinski definition) is 4. The van der Waals surface area contributed by atoms with Crippen molar-refractivity contribution in [2.24, 2.45) is 0 Å². The number of benzene rings is 2. The maximum atomic E-state index is 12.5. The molecule has 0 bridgehead atoms. The van der Waals surface area contributed by atoms with Crippen molar-refractivity contribution in [1.82, 2.24) is 9.80 Å². The van der Waals surface area contributed by atoms with Crippen LogP contribution in [0.15, 0.2) is 54.6 Å². The van der Waals surface area contributed by atoms with Gasteiger partial charge in [0.25, 0.3) is 0 Å². The van der Waals surface area contributed by atoms with Crippen LogP contribution in [-0.4, -0.2) is 54.6 Å². The number of carbonyl (C=O) groups is 2. The number of ether oxygens (including phenoxy) is 2. The number of nitrogens with zero attached hydrogens (tertiary/aromatic N) is 2. The van der Waals surface area contributed by atoms with E-state index >= 15 is 0 Å². The fourth-order valence-corrected chi connectivity index (χ4v) is 3.57. The lowest BCUT2D eigenvalue weighted by molar-refractivity contribution is -0.133. The van der Waals surface area contributed by atoms with Crippen molar-refractivity contribution in [3.05, 3.63) is 65.7 Å². The predicted octanol–water partition coefficient (Wildman–Crippen LogP) is 4.62. The van der Waals surface area contributed by atoms with Crippen molar-refractivity contribution < 1.29 is 19.1 Å². The van der Waals surface area contributed by atoms with E-state index in [1.807, 2.05) is 47.4 Å². The molecule has 6 heteroatoms. The Hall–Kier alpha value is -3.02. The molecule has 0 spiro atoms. The highest BCUT2D eigenvalue weighted by Crippen LogP contribution is 2.24. The van der Waals surface area contributed by atoms with Crippen molar-refractivity contribution in [2.75, 3.05) is 32.8 Å². The maximum Gasteiger partial charge on any atom is 0.410 e. The average molecular weight is 439 g/mol. The van der Waals surface area contributed by atoms with Crippen LogP contribution < -0.4 is 4.74 Å². The number of rotatable bonds is 7. The molecular formula is C26H34N2O4. The Kier molecular flexibility index (Phi) is 8.14. The van der Waals surface area contributed by atoms with Gasteiger partial charge in [-0.3, -0.25) is 4.79 Å². The summed E-state index contributed by atoms with van der Waals surface area (Å²) in [6.45, 7) is 9.38. The quantitative estimate of drug-likeness (QED) is 0.592. The summed E-state index contributed by atoms with van der Waals surface area (Å²) in [4.78, 5) is 28.2. The Morgan fingerprint density at radius 1 is 0.875 bits per heavy atom.